The van der Waals surface area contributed by atoms with Gasteiger partial charge in [-0.05, 0) is 77.6 Å². The number of likely N-dealkylation sites (tertiary alicyclic amines) is 1. The molecule has 0 bridgehead atoms. The minimum atomic E-state index is -0.951. The number of carbonyl (C=O) groups is 6. The van der Waals surface area contributed by atoms with Gasteiger partial charge in [0, 0.05) is 12.6 Å². The number of ether oxygens (including phenoxy) is 1. The summed E-state index contributed by atoms with van der Waals surface area (Å²) in [5.74, 6) is -1.46. The van der Waals surface area contributed by atoms with Crippen LogP contribution in [0.4, 0.5) is 4.79 Å². The lowest BCUT2D eigenvalue weighted by atomic mass is 9.83. The van der Waals surface area contributed by atoms with E-state index in [1.165, 1.54) is 11.8 Å². The van der Waals surface area contributed by atoms with Crippen molar-refractivity contribution < 1.29 is 33.5 Å². The van der Waals surface area contributed by atoms with E-state index in [2.05, 4.69) is 27.0 Å². The molecule has 3 aliphatic rings. The molecule has 270 valence electrons. The molecule has 2 saturated carbocycles. The standard InChI is InChI=1S/C31H53N5O6.C2H6.CH3NO/c1-19(37)25(32-21-15-11-16-21)35-26(38)22-17-12-18-36(22)27(39)24(30(2,3)4)34-29(41)33-23(20-13-9-8-10-14-20)28(40)42-31(5,6)7;1-2;2-1-3/h20-25,32H,8-18H2,1-7H3,(H,35,38)(H2,33,34,41);1-2H3;1H,(H2,2,3). The molecule has 2 aliphatic carbocycles. The minimum Gasteiger partial charge on any atom is -0.458 e. The number of nitrogens with zero attached hydrogens (tertiary/aromatic N) is 1. The summed E-state index contributed by atoms with van der Waals surface area (Å²) >= 11 is 0. The van der Waals surface area contributed by atoms with Gasteiger partial charge in [0.25, 0.3) is 0 Å². The number of ketones is 1. The van der Waals surface area contributed by atoms with Crippen molar-refractivity contribution in [3.8, 4) is 0 Å². The van der Waals surface area contributed by atoms with Crippen LogP contribution in [0.25, 0.3) is 0 Å². The molecule has 3 rings (SSSR count). The van der Waals surface area contributed by atoms with E-state index in [4.69, 9.17) is 9.53 Å². The van der Waals surface area contributed by atoms with Crippen molar-refractivity contribution in [3.63, 3.8) is 0 Å². The lowest BCUT2D eigenvalue weighted by molar-refractivity contribution is -0.159. The monoisotopic (exact) mass is 666 g/mol. The van der Waals surface area contributed by atoms with Crippen LogP contribution in [0.15, 0.2) is 0 Å². The second-order valence-electron chi connectivity index (χ2n) is 14.5. The van der Waals surface area contributed by atoms with Gasteiger partial charge in [0.1, 0.15) is 29.9 Å². The lowest BCUT2D eigenvalue weighted by Crippen LogP contribution is -2.62. The topological polar surface area (TPSA) is 189 Å². The number of Topliss-reactive ketones (excluding diaryl/α,β-unsaturated/α-hetero) is 1. The number of carbonyl (C=O) groups excluding carboxylic acids is 6. The van der Waals surface area contributed by atoms with Crippen LogP contribution in [0.2, 0.25) is 0 Å². The number of hydrogen-bond acceptors (Lipinski definition) is 8. The van der Waals surface area contributed by atoms with Gasteiger partial charge in [-0.15, -0.1) is 0 Å². The first-order valence-electron chi connectivity index (χ1n) is 17.3. The third-order valence-electron chi connectivity index (χ3n) is 8.50. The van der Waals surface area contributed by atoms with E-state index >= 15 is 0 Å². The molecule has 0 spiro atoms. The van der Waals surface area contributed by atoms with Gasteiger partial charge < -0.3 is 31.3 Å². The average molecular weight is 667 g/mol. The van der Waals surface area contributed by atoms with Crippen molar-refractivity contribution in [1.29, 1.82) is 0 Å². The molecule has 5 amide bonds. The number of primary amides is 1. The highest BCUT2D eigenvalue weighted by Gasteiger charge is 2.43. The number of rotatable bonds is 10. The summed E-state index contributed by atoms with van der Waals surface area (Å²) in [7, 11) is 0. The molecule has 4 unspecified atom stereocenters. The number of hydrogen-bond donors (Lipinski definition) is 5. The van der Waals surface area contributed by atoms with E-state index in [9.17, 15) is 24.0 Å². The summed E-state index contributed by atoms with van der Waals surface area (Å²) in [5, 5.41) is 11.7. The molecule has 0 aromatic carbocycles. The molecule has 1 heterocycles. The molecule has 6 N–H and O–H groups in total. The maximum atomic E-state index is 13.9. The maximum Gasteiger partial charge on any atom is 0.329 e. The summed E-state index contributed by atoms with van der Waals surface area (Å²) in [4.78, 5) is 76.1. The van der Waals surface area contributed by atoms with Crippen LogP contribution < -0.4 is 27.0 Å². The third-order valence-corrected chi connectivity index (χ3v) is 8.50. The summed E-state index contributed by atoms with van der Waals surface area (Å²) in [6.45, 7) is 16.7. The van der Waals surface area contributed by atoms with E-state index in [1.54, 1.807) is 20.8 Å². The van der Waals surface area contributed by atoms with Crippen LogP contribution >= 0.6 is 0 Å². The number of amides is 5. The number of nitrogens with two attached hydrogens (primary N) is 1. The quantitative estimate of drug-likeness (QED) is 0.133. The first kappa shape index (κ1) is 41.8. The first-order chi connectivity index (χ1) is 22.0. The molecule has 1 saturated heterocycles. The van der Waals surface area contributed by atoms with Crippen molar-refractivity contribution >= 4 is 36.0 Å². The second-order valence-corrected chi connectivity index (χ2v) is 14.5. The predicted octanol–water partition coefficient (Wildman–Crippen LogP) is 3.28. The van der Waals surface area contributed by atoms with Gasteiger partial charge in [-0.3, -0.25) is 24.5 Å². The molecule has 3 fully saturated rings. The zero-order chi connectivity index (χ0) is 35.9. The summed E-state index contributed by atoms with van der Waals surface area (Å²) in [5.41, 5.74) is 2.78. The van der Waals surface area contributed by atoms with Gasteiger partial charge in [-0.25, -0.2) is 9.59 Å². The van der Waals surface area contributed by atoms with Crippen LogP contribution in [0.3, 0.4) is 0 Å². The van der Waals surface area contributed by atoms with Gasteiger partial charge in [0.2, 0.25) is 18.2 Å². The Morgan fingerprint density at radius 3 is 1.87 bits per heavy atom. The highest BCUT2D eigenvalue weighted by molar-refractivity contribution is 5.95. The lowest BCUT2D eigenvalue weighted by Gasteiger charge is -2.37. The largest absolute Gasteiger partial charge is 0.458 e. The van der Waals surface area contributed by atoms with Crippen molar-refractivity contribution in [2.45, 2.75) is 162 Å². The van der Waals surface area contributed by atoms with Crippen LogP contribution in [0.1, 0.15) is 127 Å². The van der Waals surface area contributed by atoms with Crippen LogP contribution in [0, 0.1) is 11.3 Å². The fourth-order valence-electron chi connectivity index (χ4n) is 5.94. The third kappa shape index (κ3) is 13.8. The van der Waals surface area contributed by atoms with E-state index < -0.39 is 47.3 Å². The Kier molecular flexibility index (Phi) is 17.4. The molecule has 13 heteroatoms. The Morgan fingerprint density at radius 2 is 1.40 bits per heavy atom. The number of nitrogens with one attached hydrogen (secondary N) is 4. The van der Waals surface area contributed by atoms with E-state index in [-0.39, 0.29) is 36.0 Å². The number of urea groups is 1. The fraction of sp³-hybridized carbons (Fsp3) is 0.824. The van der Waals surface area contributed by atoms with Crippen LogP contribution in [-0.4, -0.2) is 83.4 Å². The van der Waals surface area contributed by atoms with Gasteiger partial charge in [0.05, 0.1) is 0 Å². The highest BCUT2D eigenvalue weighted by Crippen LogP contribution is 2.29. The Bertz CT molecular complexity index is 1040. The molecular weight excluding hydrogens is 604 g/mol. The predicted molar refractivity (Wildman–Crippen MR) is 181 cm³/mol. The average Bonchev–Trinajstić information content (AvgIpc) is 3.46. The summed E-state index contributed by atoms with van der Waals surface area (Å²) < 4.78 is 5.65. The van der Waals surface area contributed by atoms with Crippen LogP contribution in [0.5, 0.6) is 0 Å². The van der Waals surface area contributed by atoms with Crippen molar-refractivity contribution in [3.05, 3.63) is 0 Å². The summed E-state index contributed by atoms with van der Waals surface area (Å²) in [6, 6.07) is -2.93. The van der Waals surface area contributed by atoms with E-state index in [0.29, 0.717) is 19.4 Å². The summed E-state index contributed by atoms with van der Waals surface area (Å²) in [6.07, 6.45) is 8.26. The molecule has 0 aromatic heterocycles. The number of esters is 1. The Balaban J connectivity index is 0.00000208. The van der Waals surface area contributed by atoms with E-state index in [0.717, 1.165) is 51.4 Å². The minimum absolute atomic E-state index is 0.0439. The Hall–Kier alpha value is -3.22. The molecule has 4 atom stereocenters. The van der Waals surface area contributed by atoms with Crippen molar-refractivity contribution in [1.82, 2.24) is 26.2 Å². The molecule has 1 aliphatic heterocycles. The van der Waals surface area contributed by atoms with E-state index in [1.807, 2.05) is 34.6 Å². The smallest absolute Gasteiger partial charge is 0.329 e. The molecule has 0 radical (unpaired) electrons. The normalized spacial score (nSPS) is 20.4. The van der Waals surface area contributed by atoms with Gasteiger partial charge >= 0.3 is 12.0 Å². The Labute approximate surface area is 281 Å². The van der Waals surface area contributed by atoms with Crippen molar-refractivity contribution in [2.24, 2.45) is 17.1 Å². The molecular formula is C34H62N6O7. The fourth-order valence-corrected chi connectivity index (χ4v) is 5.94. The zero-order valence-corrected chi connectivity index (χ0v) is 30.2. The van der Waals surface area contributed by atoms with Gasteiger partial charge in [0.15, 0.2) is 5.78 Å². The SMILES string of the molecule is CC.CC(=O)C(NC(=O)C1CCCN1C(=O)C(NC(=O)NC(C(=O)OC(C)(C)C)C1CCCCC1)C(C)(C)C)NC1CCC1.NC=O. The molecule has 47 heavy (non-hydrogen) atoms. The van der Waals surface area contributed by atoms with Gasteiger partial charge in [-0.1, -0.05) is 60.3 Å². The second kappa shape index (κ2) is 19.6. The Morgan fingerprint density at radius 1 is 0.830 bits per heavy atom. The first-order valence-corrected chi connectivity index (χ1v) is 17.3. The molecule has 0 aromatic rings. The zero-order valence-electron chi connectivity index (χ0n) is 30.2. The maximum absolute atomic E-state index is 13.9. The van der Waals surface area contributed by atoms with Gasteiger partial charge in [-0.2, -0.15) is 0 Å². The van der Waals surface area contributed by atoms with Crippen LogP contribution in [-0.2, 0) is 28.7 Å². The van der Waals surface area contributed by atoms with Crippen molar-refractivity contribution in [2.75, 3.05) is 6.54 Å². The molecule has 13 nitrogen and oxygen atoms in total. The highest BCUT2D eigenvalue weighted by atomic mass is 16.6.